The second kappa shape index (κ2) is 7.56. The standard InChI is InChI=1S/C17H14ClFN4O4S/c1-10-3-6-15(27-2)16(7-10)28(25,26)21-17(24)13-9-23(22-20-13)14-5-4-11(19)8-12(14)18/h3-9H,1-2H3,(H,21,24). The summed E-state index contributed by atoms with van der Waals surface area (Å²) in [6.45, 7) is 1.71. The summed E-state index contributed by atoms with van der Waals surface area (Å²) < 4.78 is 46.4. The molecule has 2 aromatic carbocycles. The first kappa shape index (κ1) is 19.8. The molecule has 0 unspecified atom stereocenters. The van der Waals surface area contributed by atoms with Crippen LogP contribution in [0.3, 0.4) is 0 Å². The molecule has 0 aliphatic carbocycles. The van der Waals surface area contributed by atoms with Crippen LogP contribution in [0.2, 0.25) is 5.02 Å². The van der Waals surface area contributed by atoms with Gasteiger partial charge < -0.3 is 4.74 Å². The maximum absolute atomic E-state index is 13.2. The Labute approximate surface area is 164 Å². The molecule has 1 amide bonds. The minimum atomic E-state index is -4.22. The lowest BCUT2D eigenvalue weighted by molar-refractivity contribution is 0.0976. The Hall–Kier alpha value is -2.98. The van der Waals surface area contributed by atoms with Crippen molar-refractivity contribution in [3.8, 4) is 11.4 Å². The Balaban J connectivity index is 1.88. The molecule has 0 aliphatic rings. The molecular weight excluding hydrogens is 411 g/mol. The van der Waals surface area contributed by atoms with Crippen LogP contribution in [-0.2, 0) is 10.0 Å². The number of sulfonamides is 1. The topological polar surface area (TPSA) is 103 Å². The molecule has 146 valence electrons. The second-order valence-electron chi connectivity index (χ2n) is 5.73. The van der Waals surface area contributed by atoms with Gasteiger partial charge in [0.15, 0.2) is 5.69 Å². The maximum atomic E-state index is 13.2. The van der Waals surface area contributed by atoms with E-state index in [4.69, 9.17) is 16.3 Å². The molecule has 0 radical (unpaired) electrons. The number of carbonyl (C=O) groups excluding carboxylic acids is 1. The average molecular weight is 425 g/mol. The quantitative estimate of drug-likeness (QED) is 0.675. The Morgan fingerprint density at radius 1 is 1.25 bits per heavy atom. The van der Waals surface area contributed by atoms with Gasteiger partial charge in [0.25, 0.3) is 15.9 Å². The van der Waals surface area contributed by atoms with Gasteiger partial charge in [-0.1, -0.05) is 22.9 Å². The SMILES string of the molecule is COc1ccc(C)cc1S(=O)(=O)NC(=O)c1cn(-c2ccc(F)cc2Cl)nn1. The number of nitrogens with zero attached hydrogens (tertiary/aromatic N) is 3. The molecule has 1 N–H and O–H groups in total. The summed E-state index contributed by atoms with van der Waals surface area (Å²) in [4.78, 5) is 12.2. The van der Waals surface area contributed by atoms with Crippen molar-refractivity contribution in [3.05, 3.63) is 64.7 Å². The van der Waals surface area contributed by atoms with E-state index in [9.17, 15) is 17.6 Å². The van der Waals surface area contributed by atoms with Gasteiger partial charge in [0, 0.05) is 0 Å². The fourth-order valence-electron chi connectivity index (χ4n) is 2.38. The summed E-state index contributed by atoms with van der Waals surface area (Å²) >= 11 is 5.95. The third-order valence-electron chi connectivity index (χ3n) is 3.72. The minimum absolute atomic E-state index is 0.0500. The zero-order valence-electron chi connectivity index (χ0n) is 14.7. The van der Waals surface area contributed by atoms with Gasteiger partial charge in [-0.15, -0.1) is 5.10 Å². The second-order valence-corrected chi connectivity index (χ2v) is 7.79. The number of hydrogen-bond donors (Lipinski definition) is 1. The number of aromatic nitrogens is 3. The summed E-state index contributed by atoms with van der Waals surface area (Å²) in [7, 11) is -2.90. The van der Waals surface area contributed by atoms with Gasteiger partial charge in [-0.05, 0) is 42.8 Å². The molecular formula is C17H14ClFN4O4S. The highest BCUT2D eigenvalue weighted by molar-refractivity contribution is 7.90. The molecule has 3 rings (SSSR count). The van der Waals surface area contributed by atoms with Crippen molar-refractivity contribution in [1.82, 2.24) is 19.7 Å². The van der Waals surface area contributed by atoms with E-state index in [0.29, 0.717) is 5.56 Å². The number of methoxy groups -OCH3 is 1. The van der Waals surface area contributed by atoms with Crippen LogP contribution in [0.25, 0.3) is 5.69 Å². The first-order valence-electron chi connectivity index (χ1n) is 7.81. The van der Waals surface area contributed by atoms with Crippen molar-refractivity contribution in [2.75, 3.05) is 7.11 Å². The molecule has 8 nitrogen and oxygen atoms in total. The third kappa shape index (κ3) is 3.97. The summed E-state index contributed by atoms with van der Waals surface area (Å²) in [5.74, 6) is -1.44. The molecule has 0 atom stereocenters. The Kier molecular flexibility index (Phi) is 5.34. The number of ether oxygens (including phenoxy) is 1. The van der Waals surface area contributed by atoms with E-state index < -0.39 is 21.7 Å². The van der Waals surface area contributed by atoms with E-state index in [1.807, 2.05) is 4.72 Å². The zero-order chi connectivity index (χ0) is 20.5. The van der Waals surface area contributed by atoms with E-state index in [0.717, 1.165) is 16.8 Å². The number of carbonyl (C=O) groups is 1. The van der Waals surface area contributed by atoms with Gasteiger partial charge in [0.05, 0.1) is 24.0 Å². The molecule has 0 bridgehead atoms. The minimum Gasteiger partial charge on any atom is -0.495 e. The van der Waals surface area contributed by atoms with Crippen LogP contribution < -0.4 is 9.46 Å². The van der Waals surface area contributed by atoms with Crippen molar-refractivity contribution in [1.29, 1.82) is 0 Å². The average Bonchev–Trinajstić information content (AvgIpc) is 3.11. The largest absolute Gasteiger partial charge is 0.495 e. The van der Waals surface area contributed by atoms with E-state index in [2.05, 4.69) is 10.3 Å². The molecule has 0 saturated carbocycles. The fraction of sp³-hybridized carbons (Fsp3) is 0.118. The van der Waals surface area contributed by atoms with Gasteiger partial charge in [-0.2, -0.15) is 0 Å². The van der Waals surface area contributed by atoms with Crippen molar-refractivity contribution >= 4 is 27.5 Å². The van der Waals surface area contributed by atoms with Crippen LogP contribution in [0.4, 0.5) is 4.39 Å². The molecule has 1 heterocycles. The number of rotatable bonds is 5. The van der Waals surface area contributed by atoms with E-state index in [1.165, 1.54) is 31.5 Å². The van der Waals surface area contributed by atoms with Crippen LogP contribution >= 0.6 is 11.6 Å². The van der Waals surface area contributed by atoms with Crippen molar-refractivity contribution in [3.63, 3.8) is 0 Å². The zero-order valence-corrected chi connectivity index (χ0v) is 16.3. The first-order chi connectivity index (χ1) is 13.2. The lowest BCUT2D eigenvalue weighted by Gasteiger charge is -2.10. The molecule has 0 spiro atoms. The van der Waals surface area contributed by atoms with Gasteiger partial charge in [-0.25, -0.2) is 22.2 Å². The summed E-state index contributed by atoms with van der Waals surface area (Å²) in [5.41, 5.74) is 0.680. The Morgan fingerprint density at radius 3 is 2.68 bits per heavy atom. The third-order valence-corrected chi connectivity index (χ3v) is 5.37. The highest BCUT2D eigenvalue weighted by Crippen LogP contribution is 2.25. The number of benzene rings is 2. The number of hydrogen-bond acceptors (Lipinski definition) is 6. The van der Waals surface area contributed by atoms with E-state index >= 15 is 0 Å². The smallest absolute Gasteiger partial charge is 0.287 e. The molecule has 28 heavy (non-hydrogen) atoms. The van der Waals surface area contributed by atoms with Gasteiger partial charge >= 0.3 is 0 Å². The van der Waals surface area contributed by atoms with Crippen molar-refractivity contribution < 1.29 is 22.3 Å². The summed E-state index contributed by atoms with van der Waals surface area (Å²) in [6, 6.07) is 8.13. The number of nitrogens with one attached hydrogen (secondary N) is 1. The van der Waals surface area contributed by atoms with Crippen LogP contribution in [0.15, 0.2) is 47.5 Å². The predicted octanol–water partition coefficient (Wildman–Crippen LogP) is 2.50. The summed E-state index contributed by atoms with van der Waals surface area (Å²) in [5, 5.41) is 7.42. The van der Waals surface area contributed by atoms with Gasteiger partial charge in [0.2, 0.25) is 0 Å². The van der Waals surface area contributed by atoms with Gasteiger partial charge in [0.1, 0.15) is 16.5 Å². The van der Waals surface area contributed by atoms with Crippen LogP contribution in [0.1, 0.15) is 16.1 Å². The van der Waals surface area contributed by atoms with E-state index in [1.54, 1.807) is 13.0 Å². The lowest BCUT2D eigenvalue weighted by Crippen LogP contribution is -2.31. The number of aryl methyl sites for hydroxylation is 1. The van der Waals surface area contributed by atoms with Crippen LogP contribution in [0, 0.1) is 12.7 Å². The van der Waals surface area contributed by atoms with Gasteiger partial charge in [-0.3, -0.25) is 4.79 Å². The highest BCUT2D eigenvalue weighted by atomic mass is 35.5. The number of halogens is 2. The van der Waals surface area contributed by atoms with Crippen molar-refractivity contribution in [2.45, 2.75) is 11.8 Å². The molecule has 0 saturated heterocycles. The van der Waals surface area contributed by atoms with Crippen molar-refractivity contribution in [2.24, 2.45) is 0 Å². The number of amides is 1. The molecule has 0 aliphatic heterocycles. The van der Waals surface area contributed by atoms with Crippen LogP contribution in [-0.4, -0.2) is 36.4 Å². The Morgan fingerprint density at radius 2 is 2.00 bits per heavy atom. The fourth-order valence-corrected chi connectivity index (χ4v) is 3.85. The highest BCUT2D eigenvalue weighted by Gasteiger charge is 2.24. The van der Waals surface area contributed by atoms with Crippen LogP contribution in [0.5, 0.6) is 5.75 Å². The monoisotopic (exact) mass is 424 g/mol. The lowest BCUT2D eigenvalue weighted by atomic mass is 10.2. The normalized spacial score (nSPS) is 11.3. The molecule has 3 aromatic rings. The molecule has 1 aromatic heterocycles. The summed E-state index contributed by atoms with van der Waals surface area (Å²) in [6.07, 6.45) is 1.18. The predicted molar refractivity (Wildman–Crippen MR) is 98.7 cm³/mol. The first-order valence-corrected chi connectivity index (χ1v) is 9.67. The molecule has 0 fully saturated rings. The van der Waals surface area contributed by atoms with E-state index in [-0.39, 0.29) is 27.0 Å². The molecule has 11 heteroatoms. The Bertz CT molecular complexity index is 1160. The maximum Gasteiger partial charge on any atom is 0.287 e.